The molecule has 2 aromatic heterocycles. The monoisotopic (exact) mass is 285 g/mol. The highest BCUT2D eigenvalue weighted by molar-refractivity contribution is 6.30. The van der Waals surface area contributed by atoms with E-state index in [0.29, 0.717) is 22.4 Å². The molecule has 6 heteroatoms. The lowest BCUT2D eigenvalue weighted by Crippen LogP contribution is -2.13. The van der Waals surface area contributed by atoms with Gasteiger partial charge in [0, 0.05) is 11.2 Å². The molecule has 1 unspecified atom stereocenters. The maximum Gasteiger partial charge on any atom is 0.199 e. The van der Waals surface area contributed by atoms with Gasteiger partial charge in [0.15, 0.2) is 5.82 Å². The Labute approximate surface area is 120 Å². The van der Waals surface area contributed by atoms with Crippen LogP contribution < -0.4 is 5.73 Å². The molecule has 1 aromatic carbocycles. The zero-order valence-electron chi connectivity index (χ0n) is 10.5. The Balaban J connectivity index is 1.88. The molecule has 0 bridgehead atoms. The van der Waals surface area contributed by atoms with E-state index in [0.717, 1.165) is 5.56 Å². The van der Waals surface area contributed by atoms with Crippen molar-refractivity contribution in [2.75, 3.05) is 0 Å². The summed E-state index contributed by atoms with van der Waals surface area (Å²) >= 11 is 5.86. The van der Waals surface area contributed by atoms with Crippen molar-refractivity contribution in [2.45, 2.75) is 6.04 Å². The predicted octanol–water partition coefficient (Wildman–Crippen LogP) is 2.57. The van der Waals surface area contributed by atoms with Gasteiger partial charge in [-0.3, -0.25) is 10.1 Å². The molecule has 0 aliphatic heterocycles. The van der Waals surface area contributed by atoms with E-state index in [1.54, 1.807) is 18.3 Å². The molecule has 5 nitrogen and oxygen atoms in total. The quantitative estimate of drug-likeness (QED) is 0.775. The zero-order valence-corrected chi connectivity index (χ0v) is 11.2. The minimum atomic E-state index is -0.378. The van der Waals surface area contributed by atoms with E-state index in [1.807, 2.05) is 30.3 Å². The van der Waals surface area contributed by atoms with Crippen LogP contribution in [-0.4, -0.2) is 20.2 Å². The molecular weight excluding hydrogens is 274 g/mol. The van der Waals surface area contributed by atoms with Crippen molar-refractivity contribution < 1.29 is 0 Å². The van der Waals surface area contributed by atoms with E-state index in [-0.39, 0.29) is 6.04 Å². The summed E-state index contributed by atoms with van der Waals surface area (Å²) < 4.78 is 0. The second kappa shape index (κ2) is 5.40. The third-order valence-electron chi connectivity index (χ3n) is 2.92. The topological polar surface area (TPSA) is 80.5 Å². The van der Waals surface area contributed by atoms with Gasteiger partial charge in [0.25, 0.3) is 0 Å². The average Bonchev–Trinajstić information content (AvgIpc) is 2.98. The summed E-state index contributed by atoms with van der Waals surface area (Å²) in [5, 5.41) is 7.68. The summed E-state index contributed by atoms with van der Waals surface area (Å²) in [6.45, 7) is 0. The first kappa shape index (κ1) is 12.8. The van der Waals surface area contributed by atoms with E-state index in [4.69, 9.17) is 17.3 Å². The number of aromatic amines is 1. The molecule has 100 valence electrons. The van der Waals surface area contributed by atoms with Gasteiger partial charge in [-0.2, -0.15) is 5.10 Å². The maximum atomic E-state index is 6.16. The van der Waals surface area contributed by atoms with Crippen molar-refractivity contribution in [3.05, 3.63) is 65.1 Å². The predicted molar refractivity (Wildman–Crippen MR) is 77.1 cm³/mol. The third-order valence-corrected chi connectivity index (χ3v) is 3.17. The summed E-state index contributed by atoms with van der Waals surface area (Å²) in [6, 6.07) is 12.5. The van der Waals surface area contributed by atoms with Crippen molar-refractivity contribution in [1.29, 1.82) is 0 Å². The second-order valence-electron chi connectivity index (χ2n) is 4.29. The summed E-state index contributed by atoms with van der Waals surface area (Å²) in [5.41, 5.74) is 7.78. The van der Waals surface area contributed by atoms with Crippen LogP contribution in [-0.2, 0) is 0 Å². The molecule has 3 rings (SSSR count). The van der Waals surface area contributed by atoms with Crippen molar-refractivity contribution in [3.63, 3.8) is 0 Å². The van der Waals surface area contributed by atoms with Crippen molar-refractivity contribution >= 4 is 11.6 Å². The lowest BCUT2D eigenvalue weighted by molar-refractivity contribution is 0.787. The van der Waals surface area contributed by atoms with Gasteiger partial charge in [-0.25, -0.2) is 4.98 Å². The highest BCUT2D eigenvalue weighted by Gasteiger charge is 2.15. The minimum Gasteiger partial charge on any atom is -0.318 e. The van der Waals surface area contributed by atoms with Crippen LogP contribution in [0.2, 0.25) is 5.02 Å². The number of nitrogens with two attached hydrogens (primary N) is 1. The molecule has 3 aromatic rings. The lowest BCUT2D eigenvalue weighted by atomic mass is 10.1. The normalized spacial score (nSPS) is 12.3. The number of nitrogens with zero attached hydrogens (tertiary/aromatic N) is 3. The fourth-order valence-corrected chi connectivity index (χ4v) is 1.98. The van der Waals surface area contributed by atoms with Gasteiger partial charge in [-0.05, 0) is 29.8 Å². The summed E-state index contributed by atoms with van der Waals surface area (Å²) in [7, 11) is 0. The molecule has 20 heavy (non-hydrogen) atoms. The van der Waals surface area contributed by atoms with Gasteiger partial charge in [-0.1, -0.05) is 29.8 Å². The Hall–Kier alpha value is -2.24. The van der Waals surface area contributed by atoms with E-state index < -0.39 is 0 Å². The number of hydrogen-bond acceptors (Lipinski definition) is 4. The second-order valence-corrected chi connectivity index (χ2v) is 4.72. The zero-order chi connectivity index (χ0) is 13.9. The number of rotatable bonds is 3. The van der Waals surface area contributed by atoms with Crippen molar-refractivity contribution in [1.82, 2.24) is 20.2 Å². The SMILES string of the molecule is NC(c1ccc(Cl)cc1)c1nc(-c2ccccn2)n[nH]1. The van der Waals surface area contributed by atoms with Crippen LogP contribution in [0.3, 0.4) is 0 Å². The molecule has 0 amide bonds. The third kappa shape index (κ3) is 2.54. The first-order chi connectivity index (χ1) is 9.74. The molecule has 0 aliphatic carbocycles. The van der Waals surface area contributed by atoms with Crippen molar-refractivity contribution in [2.24, 2.45) is 5.73 Å². The van der Waals surface area contributed by atoms with Crippen LogP contribution in [0.15, 0.2) is 48.7 Å². The molecule has 0 saturated heterocycles. The van der Waals surface area contributed by atoms with Crippen LogP contribution in [0.1, 0.15) is 17.4 Å². The first-order valence-corrected chi connectivity index (χ1v) is 6.46. The van der Waals surface area contributed by atoms with Crippen LogP contribution in [0.4, 0.5) is 0 Å². The van der Waals surface area contributed by atoms with Gasteiger partial charge in [0.2, 0.25) is 0 Å². The number of aromatic nitrogens is 4. The highest BCUT2D eigenvalue weighted by Crippen LogP contribution is 2.20. The van der Waals surface area contributed by atoms with E-state index in [2.05, 4.69) is 20.2 Å². The van der Waals surface area contributed by atoms with Crippen LogP contribution in [0.5, 0.6) is 0 Å². The van der Waals surface area contributed by atoms with Gasteiger partial charge in [-0.15, -0.1) is 0 Å². The Kier molecular flexibility index (Phi) is 3.45. The molecule has 0 radical (unpaired) electrons. The number of nitrogens with one attached hydrogen (secondary N) is 1. The van der Waals surface area contributed by atoms with Crippen molar-refractivity contribution in [3.8, 4) is 11.5 Å². The van der Waals surface area contributed by atoms with Gasteiger partial charge in [0.05, 0.1) is 6.04 Å². The van der Waals surface area contributed by atoms with E-state index in [9.17, 15) is 0 Å². The fraction of sp³-hybridized carbons (Fsp3) is 0.0714. The van der Waals surface area contributed by atoms with Gasteiger partial charge in [0.1, 0.15) is 11.5 Å². The summed E-state index contributed by atoms with van der Waals surface area (Å²) in [6.07, 6.45) is 1.70. The smallest absolute Gasteiger partial charge is 0.199 e. The number of H-pyrrole nitrogens is 1. The number of halogens is 1. The summed E-state index contributed by atoms with van der Waals surface area (Å²) in [4.78, 5) is 8.59. The van der Waals surface area contributed by atoms with E-state index in [1.165, 1.54) is 0 Å². The van der Waals surface area contributed by atoms with Gasteiger partial charge < -0.3 is 5.73 Å². The van der Waals surface area contributed by atoms with Gasteiger partial charge >= 0.3 is 0 Å². The number of pyridine rings is 1. The lowest BCUT2D eigenvalue weighted by Gasteiger charge is -2.08. The first-order valence-electron chi connectivity index (χ1n) is 6.09. The molecule has 0 fully saturated rings. The fourth-order valence-electron chi connectivity index (χ4n) is 1.85. The number of benzene rings is 1. The molecule has 0 saturated carbocycles. The summed E-state index contributed by atoms with van der Waals surface area (Å²) in [5.74, 6) is 1.12. The average molecular weight is 286 g/mol. The molecule has 0 aliphatic rings. The Morgan fingerprint density at radius 1 is 1.10 bits per heavy atom. The van der Waals surface area contributed by atoms with Crippen LogP contribution in [0, 0.1) is 0 Å². The largest absolute Gasteiger partial charge is 0.318 e. The Bertz CT molecular complexity index is 693. The molecule has 2 heterocycles. The Morgan fingerprint density at radius 2 is 1.90 bits per heavy atom. The molecule has 0 spiro atoms. The number of hydrogen-bond donors (Lipinski definition) is 2. The molecule has 3 N–H and O–H groups in total. The highest BCUT2D eigenvalue weighted by atomic mass is 35.5. The molecule has 1 atom stereocenters. The maximum absolute atomic E-state index is 6.16. The Morgan fingerprint density at radius 3 is 2.60 bits per heavy atom. The minimum absolute atomic E-state index is 0.378. The van der Waals surface area contributed by atoms with Crippen LogP contribution >= 0.6 is 11.6 Å². The molecular formula is C14H12ClN5. The van der Waals surface area contributed by atoms with Crippen LogP contribution in [0.25, 0.3) is 11.5 Å². The van der Waals surface area contributed by atoms with E-state index >= 15 is 0 Å². The standard InChI is InChI=1S/C14H12ClN5/c15-10-6-4-9(5-7-10)12(16)14-18-13(19-20-14)11-3-1-2-8-17-11/h1-8,12H,16H2,(H,18,19,20).